The van der Waals surface area contributed by atoms with Gasteiger partial charge >= 0.3 is 0 Å². The summed E-state index contributed by atoms with van der Waals surface area (Å²) in [5.41, 5.74) is 3.02. The van der Waals surface area contributed by atoms with Gasteiger partial charge in [-0.05, 0) is 22.3 Å². The van der Waals surface area contributed by atoms with Crippen molar-refractivity contribution >= 4 is 19.7 Å². The predicted molar refractivity (Wildman–Crippen MR) is 59.1 cm³/mol. The van der Waals surface area contributed by atoms with Crippen molar-refractivity contribution in [2.45, 2.75) is 23.0 Å². The molecule has 0 fully saturated rings. The Balaban J connectivity index is 2.23. The summed E-state index contributed by atoms with van der Waals surface area (Å²) in [6.45, 7) is 0. The van der Waals surface area contributed by atoms with Gasteiger partial charge in [-0.2, -0.15) is 0 Å². The van der Waals surface area contributed by atoms with E-state index in [0.717, 1.165) is 22.3 Å². The summed E-state index contributed by atoms with van der Waals surface area (Å²) in [6.07, 6.45) is 0. The first kappa shape index (κ1) is 10.3. The highest BCUT2D eigenvalue weighted by Gasteiger charge is 2.33. The molecule has 2 heterocycles. The molecule has 2 aliphatic rings. The first-order chi connectivity index (χ1) is 7.36. The molecule has 0 N–H and O–H groups in total. The van der Waals surface area contributed by atoms with Crippen molar-refractivity contribution in [1.82, 2.24) is 0 Å². The molecule has 86 valence electrons. The van der Waals surface area contributed by atoms with Gasteiger partial charge in [0.25, 0.3) is 0 Å². The molecule has 0 radical (unpaired) electrons. The van der Waals surface area contributed by atoms with Gasteiger partial charge < -0.3 is 0 Å². The van der Waals surface area contributed by atoms with Crippen LogP contribution in [0, 0.1) is 0 Å². The summed E-state index contributed by atoms with van der Waals surface area (Å²) < 4.78 is 46.0. The van der Waals surface area contributed by atoms with Crippen LogP contribution in [0.4, 0.5) is 0 Å². The van der Waals surface area contributed by atoms with Gasteiger partial charge in [0.15, 0.2) is 19.7 Å². The Morgan fingerprint density at radius 2 is 1.06 bits per heavy atom. The van der Waals surface area contributed by atoms with Crippen LogP contribution in [0.1, 0.15) is 22.3 Å². The molecule has 16 heavy (non-hydrogen) atoms. The van der Waals surface area contributed by atoms with E-state index in [1.807, 2.05) is 0 Å². The predicted octanol–water partition coefficient (Wildman–Crippen LogP) is 0.543. The average Bonchev–Trinajstić information content (AvgIpc) is 2.58. The van der Waals surface area contributed by atoms with Crippen LogP contribution in [0.5, 0.6) is 0 Å². The fraction of sp³-hybridized carbons (Fsp3) is 0.400. The van der Waals surface area contributed by atoms with E-state index in [1.165, 1.54) is 0 Å². The Morgan fingerprint density at radius 1 is 0.688 bits per heavy atom. The van der Waals surface area contributed by atoms with Crippen LogP contribution in [0.3, 0.4) is 0 Å². The lowest BCUT2D eigenvalue weighted by Crippen LogP contribution is -1.98. The van der Waals surface area contributed by atoms with Crippen LogP contribution in [0.25, 0.3) is 0 Å². The summed E-state index contributed by atoms with van der Waals surface area (Å²) in [7, 11) is -6.12. The molecule has 6 heteroatoms. The van der Waals surface area contributed by atoms with Crippen LogP contribution in [0.15, 0.2) is 12.1 Å². The van der Waals surface area contributed by atoms with E-state index in [1.54, 1.807) is 12.1 Å². The fourth-order valence-electron chi connectivity index (χ4n) is 2.44. The molecular formula is C10H10O4S2. The summed E-state index contributed by atoms with van der Waals surface area (Å²) in [4.78, 5) is 0. The van der Waals surface area contributed by atoms with E-state index in [9.17, 15) is 16.8 Å². The molecule has 0 bridgehead atoms. The molecule has 0 unspecified atom stereocenters. The largest absolute Gasteiger partial charge is 0.228 e. The summed E-state index contributed by atoms with van der Waals surface area (Å²) in [5, 5.41) is 0. The van der Waals surface area contributed by atoms with Gasteiger partial charge in [0.05, 0.1) is 23.0 Å². The van der Waals surface area contributed by atoms with Crippen molar-refractivity contribution in [3.63, 3.8) is 0 Å². The Labute approximate surface area is 94.1 Å². The summed E-state index contributed by atoms with van der Waals surface area (Å²) in [5.74, 6) is 0.105. The topological polar surface area (TPSA) is 68.3 Å². The molecule has 0 spiro atoms. The zero-order valence-corrected chi connectivity index (χ0v) is 10.1. The lowest BCUT2D eigenvalue weighted by atomic mass is 10.0. The molecule has 2 aliphatic heterocycles. The Hall–Kier alpha value is -0.880. The van der Waals surface area contributed by atoms with Crippen LogP contribution in [-0.4, -0.2) is 16.8 Å². The molecule has 0 aromatic heterocycles. The van der Waals surface area contributed by atoms with Crippen LogP contribution in [0.2, 0.25) is 0 Å². The van der Waals surface area contributed by atoms with E-state index in [-0.39, 0.29) is 23.0 Å². The molecule has 1 aromatic carbocycles. The highest BCUT2D eigenvalue weighted by molar-refractivity contribution is 7.90. The van der Waals surface area contributed by atoms with Crippen molar-refractivity contribution in [1.29, 1.82) is 0 Å². The van der Waals surface area contributed by atoms with Crippen molar-refractivity contribution < 1.29 is 16.8 Å². The fourth-order valence-corrected chi connectivity index (χ4v) is 5.73. The lowest BCUT2D eigenvalue weighted by molar-refractivity contribution is 0.595. The number of rotatable bonds is 0. The van der Waals surface area contributed by atoms with Gasteiger partial charge in [0, 0.05) is 0 Å². The van der Waals surface area contributed by atoms with E-state index in [2.05, 4.69) is 0 Å². The second-order valence-electron chi connectivity index (χ2n) is 4.41. The number of hydrogen-bond donors (Lipinski definition) is 0. The molecule has 0 saturated carbocycles. The first-order valence-electron chi connectivity index (χ1n) is 4.90. The summed E-state index contributed by atoms with van der Waals surface area (Å²) in [6, 6.07) is 3.50. The second kappa shape index (κ2) is 2.87. The summed E-state index contributed by atoms with van der Waals surface area (Å²) >= 11 is 0. The van der Waals surface area contributed by atoms with E-state index < -0.39 is 19.7 Å². The quantitative estimate of drug-likeness (QED) is 0.681. The minimum atomic E-state index is -3.06. The van der Waals surface area contributed by atoms with E-state index >= 15 is 0 Å². The van der Waals surface area contributed by atoms with Crippen molar-refractivity contribution in [2.75, 3.05) is 0 Å². The van der Waals surface area contributed by atoms with Crippen molar-refractivity contribution in [3.05, 3.63) is 34.4 Å². The monoisotopic (exact) mass is 258 g/mol. The van der Waals surface area contributed by atoms with Crippen LogP contribution in [-0.2, 0) is 42.7 Å². The standard InChI is InChI=1S/C10H10O4S2/c11-15(12)3-7-1-2-8-4-16(13,14)6-10(8)9(7)5-15/h1-2H,3-6H2. The maximum atomic E-state index is 11.5. The molecule has 0 atom stereocenters. The van der Waals surface area contributed by atoms with Gasteiger partial charge in [0.1, 0.15) is 0 Å². The molecule has 0 saturated heterocycles. The zero-order chi connectivity index (χ0) is 11.6. The molecular weight excluding hydrogens is 248 g/mol. The Morgan fingerprint density at radius 3 is 1.44 bits per heavy atom. The third-order valence-electron chi connectivity index (χ3n) is 3.10. The molecule has 4 nitrogen and oxygen atoms in total. The highest BCUT2D eigenvalue weighted by Crippen LogP contribution is 2.35. The van der Waals surface area contributed by atoms with E-state index in [0.29, 0.717) is 0 Å². The molecule has 3 rings (SSSR count). The van der Waals surface area contributed by atoms with Gasteiger partial charge in [0.2, 0.25) is 0 Å². The number of fused-ring (bicyclic) bond motifs is 3. The smallest absolute Gasteiger partial charge is 0.158 e. The second-order valence-corrected chi connectivity index (χ2v) is 8.53. The number of hydrogen-bond acceptors (Lipinski definition) is 4. The van der Waals surface area contributed by atoms with Gasteiger partial charge in [-0.15, -0.1) is 0 Å². The highest BCUT2D eigenvalue weighted by atomic mass is 32.2. The van der Waals surface area contributed by atoms with Gasteiger partial charge in [-0.1, -0.05) is 12.1 Å². The number of sulfone groups is 2. The third-order valence-corrected chi connectivity index (χ3v) is 6.06. The minimum absolute atomic E-state index is 0.00102. The maximum absolute atomic E-state index is 11.5. The molecule has 0 aliphatic carbocycles. The van der Waals surface area contributed by atoms with Crippen molar-refractivity contribution in [3.8, 4) is 0 Å². The minimum Gasteiger partial charge on any atom is -0.228 e. The van der Waals surface area contributed by atoms with E-state index in [4.69, 9.17) is 0 Å². The van der Waals surface area contributed by atoms with Crippen LogP contribution < -0.4 is 0 Å². The zero-order valence-electron chi connectivity index (χ0n) is 8.43. The van der Waals surface area contributed by atoms with Crippen molar-refractivity contribution in [2.24, 2.45) is 0 Å². The number of benzene rings is 1. The molecule has 0 amide bonds. The average molecular weight is 258 g/mol. The first-order valence-corrected chi connectivity index (χ1v) is 8.54. The molecule has 1 aromatic rings. The Bertz CT molecular complexity index is 623. The van der Waals surface area contributed by atoms with Crippen LogP contribution >= 0.6 is 0 Å². The third kappa shape index (κ3) is 1.48. The Kier molecular flexibility index (Phi) is 1.84. The normalized spacial score (nSPS) is 24.0. The maximum Gasteiger partial charge on any atom is 0.158 e. The van der Waals surface area contributed by atoms with Gasteiger partial charge in [-0.25, -0.2) is 16.8 Å². The lowest BCUT2D eigenvalue weighted by Gasteiger charge is -2.03. The van der Waals surface area contributed by atoms with Gasteiger partial charge in [-0.3, -0.25) is 0 Å². The SMILES string of the molecule is O=S1(=O)Cc2ccc3c(c2C1)CS(=O)(=O)C3.